The second kappa shape index (κ2) is 8.61. The molecule has 2 aliphatic carbocycles. The van der Waals surface area contributed by atoms with E-state index in [4.69, 9.17) is 14.6 Å². The van der Waals surface area contributed by atoms with Crippen LogP contribution in [-0.2, 0) is 24.1 Å². The molecule has 2 aromatic heterocycles. The number of aliphatic hydroxyl groups excluding tert-OH is 1. The van der Waals surface area contributed by atoms with Gasteiger partial charge in [-0.15, -0.1) is 11.3 Å². The fraction of sp³-hybridized carbons (Fsp3) is 0.519. The predicted molar refractivity (Wildman–Crippen MR) is 134 cm³/mol. The molecular weight excluding hydrogens is 446 g/mol. The molecule has 2 N–H and O–H groups in total. The second-order valence-corrected chi connectivity index (χ2v) is 11.5. The van der Waals surface area contributed by atoms with Crippen LogP contribution in [0.4, 0.5) is 0 Å². The SMILES string of the molecule is CCc1cc(-c2noc(-c3sc(C)c4c3C[C@@H]3[C@H]4C3(C)C)n2)cc(C)c1CCC(=O)NCCO. The Labute approximate surface area is 204 Å². The number of benzene rings is 1. The molecule has 0 saturated heterocycles. The Morgan fingerprint density at radius 2 is 2.12 bits per heavy atom. The minimum atomic E-state index is -0.0423. The average molecular weight is 480 g/mol. The summed E-state index contributed by atoms with van der Waals surface area (Å²) in [6.07, 6.45) is 3.05. The number of hydrogen-bond acceptors (Lipinski definition) is 6. The van der Waals surface area contributed by atoms with Crippen LogP contribution in [0.5, 0.6) is 0 Å². The maximum atomic E-state index is 12.0. The van der Waals surface area contributed by atoms with E-state index in [-0.39, 0.29) is 12.5 Å². The number of aliphatic hydroxyl groups is 1. The second-order valence-electron chi connectivity index (χ2n) is 10.3. The van der Waals surface area contributed by atoms with Crippen LogP contribution in [0.3, 0.4) is 0 Å². The number of rotatable bonds is 8. The number of thiophene rings is 1. The van der Waals surface area contributed by atoms with Crippen LogP contribution in [0.15, 0.2) is 16.7 Å². The number of carbonyl (C=O) groups excluding carboxylic acids is 1. The molecule has 3 aromatic rings. The number of aromatic nitrogens is 2. The fourth-order valence-electron chi connectivity index (χ4n) is 5.95. The highest BCUT2D eigenvalue weighted by atomic mass is 32.1. The van der Waals surface area contributed by atoms with E-state index in [1.165, 1.54) is 27.1 Å². The Bertz CT molecular complexity index is 1260. The summed E-state index contributed by atoms with van der Waals surface area (Å²) in [6.45, 7) is 11.4. The Hall–Kier alpha value is -2.51. The van der Waals surface area contributed by atoms with Gasteiger partial charge in [0.1, 0.15) is 0 Å². The minimum Gasteiger partial charge on any atom is -0.395 e. The Morgan fingerprint density at radius 3 is 2.85 bits per heavy atom. The summed E-state index contributed by atoms with van der Waals surface area (Å²) in [5, 5.41) is 16.0. The van der Waals surface area contributed by atoms with Crippen LogP contribution in [0.1, 0.15) is 65.8 Å². The number of carbonyl (C=O) groups is 1. The highest BCUT2D eigenvalue weighted by Gasteiger charge is 2.63. The predicted octanol–water partition coefficient (Wildman–Crippen LogP) is 4.98. The van der Waals surface area contributed by atoms with Crippen molar-refractivity contribution in [2.75, 3.05) is 13.2 Å². The summed E-state index contributed by atoms with van der Waals surface area (Å²) in [5.41, 5.74) is 7.86. The first kappa shape index (κ1) is 23.2. The number of nitrogens with zero attached hydrogens (tertiary/aromatic N) is 2. The van der Waals surface area contributed by atoms with Gasteiger partial charge >= 0.3 is 0 Å². The van der Waals surface area contributed by atoms with Crippen LogP contribution >= 0.6 is 11.3 Å². The zero-order valence-corrected chi connectivity index (χ0v) is 21.4. The lowest BCUT2D eigenvalue weighted by atomic mass is 9.93. The van der Waals surface area contributed by atoms with Crippen molar-refractivity contribution in [3.05, 3.63) is 44.8 Å². The van der Waals surface area contributed by atoms with E-state index in [2.05, 4.69) is 57.2 Å². The zero-order valence-electron chi connectivity index (χ0n) is 20.6. The van der Waals surface area contributed by atoms with Gasteiger partial charge in [-0.2, -0.15) is 4.98 Å². The number of fused-ring (bicyclic) bond motifs is 3. The van der Waals surface area contributed by atoms with Gasteiger partial charge in [0.15, 0.2) is 0 Å². The number of amides is 1. The van der Waals surface area contributed by atoms with Crippen molar-refractivity contribution in [2.45, 2.75) is 66.2 Å². The van der Waals surface area contributed by atoms with E-state index in [0.717, 1.165) is 34.8 Å². The Balaban J connectivity index is 1.39. The van der Waals surface area contributed by atoms with E-state index in [0.29, 0.717) is 42.4 Å². The van der Waals surface area contributed by atoms with Gasteiger partial charge in [-0.1, -0.05) is 25.9 Å². The molecule has 1 amide bonds. The van der Waals surface area contributed by atoms with Gasteiger partial charge < -0.3 is 14.9 Å². The highest BCUT2D eigenvalue weighted by Crippen LogP contribution is 2.72. The van der Waals surface area contributed by atoms with Crippen LogP contribution < -0.4 is 5.32 Å². The van der Waals surface area contributed by atoms with E-state index in [9.17, 15) is 4.79 Å². The molecule has 180 valence electrons. The van der Waals surface area contributed by atoms with Crippen LogP contribution in [0.25, 0.3) is 22.2 Å². The lowest BCUT2D eigenvalue weighted by Crippen LogP contribution is -2.26. The molecule has 0 unspecified atom stereocenters. The maximum Gasteiger partial charge on any atom is 0.268 e. The van der Waals surface area contributed by atoms with E-state index in [1.807, 2.05) is 0 Å². The molecule has 1 saturated carbocycles. The molecule has 0 radical (unpaired) electrons. The molecule has 1 aromatic carbocycles. The average Bonchev–Trinajstić information content (AvgIpc) is 3.30. The first-order valence-corrected chi connectivity index (χ1v) is 13.0. The van der Waals surface area contributed by atoms with E-state index < -0.39 is 0 Å². The quantitative estimate of drug-likeness (QED) is 0.476. The molecule has 2 heterocycles. The van der Waals surface area contributed by atoms with E-state index in [1.54, 1.807) is 11.3 Å². The number of aryl methyl sites for hydroxylation is 3. The molecule has 0 bridgehead atoms. The van der Waals surface area contributed by atoms with Gasteiger partial charge in [0.2, 0.25) is 11.7 Å². The molecule has 6 nitrogen and oxygen atoms in total. The van der Waals surface area contributed by atoms with Gasteiger partial charge in [0.05, 0.1) is 11.5 Å². The third-order valence-electron chi connectivity index (χ3n) is 7.88. The summed E-state index contributed by atoms with van der Waals surface area (Å²) in [4.78, 5) is 19.3. The molecule has 7 heteroatoms. The van der Waals surface area contributed by atoms with Crippen molar-refractivity contribution < 1.29 is 14.4 Å². The molecule has 2 atom stereocenters. The van der Waals surface area contributed by atoms with Gasteiger partial charge in [-0.3, -0.25) is 4.79 Å². The van der Waals surface area contributed by atoms with Crippen molar-refractivity contribution in [3.63, 3.8) is 0 Å². The number of hydrogen-bond donors (Lipinski definition) is 2. The molecule has 2 aliphatic rings. The van der Waals surface area contributed by atoms with Crippen LogP contribution in [-0.4, -0.2) is 34.3 Å². The zero-order chi connectivity index (χ0) is 24.2. The summed E-state index contributed by atoms with van der Waals surface area (Å²) >= 11 is 1.79. The van der Waals surface area contributed by atoms with Crippen molar-refractivity contribution in [3.8, 4) is 22.2 Å². The normalized spacial score (nSPS) is 19.7. The molecule has 34 heavy (non-hydrogen) atoms. The van der Waals surface area contributed by atoms with Crippen molar-refractivity contribution in [1.82, 2.24) is 15.5 Å². The van der Waals surface area contributed by atoms with Gasteiger partial charge in [0.25, 0.3) is 5.89 Å². The minimum absolute atomic E-state index is 0.0396. The monoisotopic (exact) mass is 479 g/mol. The summed E-state index contributed by atoms with van der Waals surface area (Å²) in [6, 6.07) is 4.22. The summed E-state index contributed by atoms with van der Waals surface area (Å²) < 4.78 is 5.78. The smallest absolute Gasteiger partial charge is 0.268 e. The first-order chi connectivity index (χ1) is 16.3. The molecule has 0 aliphatic heterocycles. The van der Waals surface area contributed by atoms with Crippen molar-refractivity contribution >= 4 is 17.2 Å². The third kappa shape index (κ3) is 3.79. The van der Waals surface area contributed by atoms with Crippen LogP contribution in [0, 0.1) is 25.2 Å². The Kier molecular flexibility index (Phi) is 5.89. The Morgan fingerprint density at radius 1 is 1.32 bits per heavy atom. The largest absolute Gasteiger partial charge is 0.395 e. The first-order valence-electron chi connectivity index (χ1n) is 12.2. The van der Waals surface area contributed by atoms with Crippen molar-refractivity contribution in [2.24, 2.45) is 11.3 Å². The molecule has 5 rings (SSSR count). The summed E-state index contributed by atoms with van der Waals surface area (Å²) in [5.74, 6) is 2.64. The lowest BCUT2D eigenvalue weighted by Gasteiger charge is -2.13. The van der Waals surface area contributed by atoms with Gasteiger partial charge in [-0.05, 0) is 90.3 Å². The molecule has 0 spiro atoms. The fourth-order valence-corrected chi connectivity index (χ4v) is 7.11. The molecule has 1 fully saturated rings. The lowest BCUT2D eigenvalue weighted by molar-refractivity contribution is -0.121. The number of nitrogens with one attached hydrogen (secondary N) is 1. The third-order valence-corrected chi connectivity index (χ3v) is 9.03. The van der Waals surface area contributed by atoms with E-state index >= 15 is 0 Å². The standard InChI is InChI=1S/C27H33N3O3S/c1-6-16-12-17(11-14(2)18(16)7-8-21(32)28-9-10-31)25-29-26(33-30-25)24-19-13-20-23(27(20,4)5)22(19)15(3)34-24/h11-12,20,23,31H,6-10,13H2,1-5H3,(H,28,32)/t20-,23-/m1/s1. The van der Waals surface area contributed by atoms with Crippen LogP contribution in [0.2, 0.25) is 0 Å². The summed E-state index contributed by atoms with van der Waals surface area (Å²) in [7, 11) is 0. The topological polar surface area (TPSA) is 88.2 Å². The van der Waals surface area contributed by atoms with Gasteiger partial charge in [-0.25, -0.2) is 0 Å². The van der Waals surface area contributed by atoms with Gasteiger partial charge in [0, 0.05) is 23.4 Å². The molecular formula is C27H33N3O3S. The maximum absolute atomic E-state index is 12.0. The highest BCUT2D eigenvalue weighted by molar-refractivity contribution is 7.15. The van der Waals surface area contributed by atoms with Crippen molar-refractivity contribution in [1.29, 1.82) is 0 Å².